The SMILES string of the molecule is COCCSCc1cc(NC(=O)O)cc(C(F)(F)F)c1. The average Bonchev–Trinajstić information content (AvgIpc) is 2.32. The fraction of sp³-hybridized carbons (Fsp3) is 0.417. The zero-order valence-electron chi connectivity index (χ0n) is 10.7. The average molecular weight is 309 g/mol. The minimum Gasteiger partial charge on any atom is -0.465 e. The van der Waals surface area contributed by atoms with Crippen molar-refractivity contribution in [1.29, 1.82) is 0 Å². The first-order valence-electron chi connectivity index (χ1n) is 5.60. The predicted molar refractivity (Wildman–Crippen MR) is 71.1 cm³/mol. The van der Waals surface area contributed by atoms with Gasteiger partial charge < -0.3 is 9.84 Å². The van der Waals surface area contributed by atoms with Crippen molar-refractivity contribution in [2.24, 2.45) is 0 Å². The van der Waals surface area contributed by atoms with E-state index in [0.717, 1.165) is 12.1 Å². The second-order valence-electron chi connectivity index (χ2n) is 3.89. The molecule has 1 rings (SSSR count). The number of nitrogens with one attached hydrogen (secondary N) is 1. The zero-order chi connectivity index (χ0) is 15.2. The molecule has 0 saturated carbocycles. The summed E-state index contributed by atoms with van der Waals surface area (Å²) < 4.78 is 43.0. The minimum absolute atomic E-state index is 0.0883. The number of methoxy groups -OCH3 is 1. The Hall–Kier alpha value is -1.41. The highest BCUT2D eigenvalue weighted by molar-refractivity contribution is 7.98. The lowest BCUT2D eigenvalue weighted by molar-refractivity contribution is -0.137. The molecule has 1 aromatic carbocycles. The molecular formula is C12H14F3NO3S. The van der Waals surface area contributed by atoms with Gasteiger partial charge in [-0.3, -0.25) is 5.32 Å². The number of alkyl halides is 3. The minimum atomic E-state index is -4.51. The molecule has 0 fully saturated rings. The van der Waals surface area contributed by atoms with Gasteiger partial charge in [0, 0.05) is 24.3 Å². The molecule has 0 aromatic heterocycles. The highest BCUT2D eigenvalue weighted by Gasteiger charge is 2.31. The van der Waals surface area contributed by atoms with Gasteiger partial charge in [0.2, 0.25) is 0 Å². The summed E-state index contributed by atoms with van der Waals surface area (Å²) >= 11 is 1.41. The summed E-state index contributed by atoms with van der Waals surface area (Å²) in [5.74, 6) is 0.996. The van der Waals surface area contributed by atoms with E-state index in [0.29, 0.717) is 23.7 Å². The van der Waals surface area contributed by atoms with Crippen molar-refractivity contribution in [2.45, 2.75) is 11.9 Å². The third kappa shape index (κ3) is 5.70. The summed E-state index contributed by atoms with van der Waals surface area (Å²) in [6, 6.07) is 3.19. The molecule has 0 saturated heterocycles. The van der Waals surface area contributed by atoms with Crippen LogP contribution in [0.2, 0.25) is 0 Å². The maximum atomic E-state index is 12.7. The third-order valence-electron chi connectivity index (χ3n) is 2.27. The van der Waals surface area contributed by atoms with Crippen molar-refractivity contribution in [3.63, 3.8) is 0 Å². The van der Waals surface area contributed by atoms with Gasteiger partial charge in [0.25, 0.3) is 0 Å². The summed E-state index contributed by atoms with van der Waals surface area (Å²) in [6.45, 7) is 0.504. The van der Waals surface area contributed by atoms with E-state index >= 15 is 0 Å². The van der Waals surface area contributed by atoms with Crippen molar-refractivity contribution >= 4 is 23.5 Å². The van der Waals surface area contributed by atoms with Crippen molar-refractivity contribution in [1.82, 2.24) is 0 Å². The van der Waals surface area contributed by atoms with Crippen LogP contribution in [0, 0.1) is 0 Å². The van der Waals surface area contributed by atoms with Gasteiger partial charge in [-0.05, 0) is 23.8 Å². The topological polar surface area (TPSA) is 58.6 Å². The molecule has 0 heterocycles. The lowest BCUT2D eigenvalue weighted by Gasteiger charge is -2.12. The molecule has 1 aromatic rings. The van der Waals surface area contributed by atoms with Crippen molar-refractivity contribution < 1.29 is 27.8 Å². The Labute approximate surface area is 118 Å². The van der Waals surface area contributed by atoms with Crippen LogP contribution in [0.25, 0.3) is 0 Å². The molecule has 0 aliphatic carbocycles. The molecule has 20 heavy (non-hydrogen) atoms. The summed E-state index contributed by atoms with van der Waals surface area (Å²) in [7, 11) is 1.54. The Balaban J connectivity index is 2.89. The fourth-order valence-corrected chi connectivity index (χ4v) is 2.30. The number of carboxylic acid groups (broad SMARTS) is 1. The van der Waals surface area contributed by atoms with Gasteiger partial charge in [-0.15, -0.1) is 0 Å². The van der Waals surface area contributed by atoms with Crippen LogP contribution in [0.15, 0.2) is 18.2 Å². The van der Waals surface area contributed by atoms with Crippen LogP contribution in [0.1, 0.15) is 11.1 Å². The molecule has 0 atom stereocenters. The van der Waals surface area contributed by atoms with Crippen LogP contribution >= 0.6 is 11.8 Å². The van der Waals surface area contributed by atoms with Gasteiger partial charge in [-0.25, -0.2) is 4.79 Å². The number of carbonyl (C=O) groups is 1. The van der Waals surface area contributed by atoms with Crippen LogP contribution in [0.4, 0.5) is 23.7 Å². The Morgan fingerprint density at radius 1 is 1.40 bits per heavy atom. The second-order valence-corrected chi connectivity index (χ2v) is 5.00. The van der Waals surface area contributed by atoms with Gasteiger partial charge >= 0.3 is 12.3 Å². The summed E-state index contributed by atoms with van der Waals surface area (Å²) in [5.41, 5.74) is -0.551. The van der Waals surface area contributed by atoms with E-state index in [1.165, 1.54) is 17.8 Å². The maximum absolute atomic E-state index is 12.7. The van der Waals surface area contributed by atoms with Gasteiger partial charge in [0.15, 0.2) is 0 Å². The number of amides is 1. The third-order valence-corrected chi connectivity index (χ3v) is 3.26. The molecule has 4 nitrogen and oxygen atoms in total. The number of rotatable bonds is 6. The van der Waals surface area contributed by atoms with E-state index in [4.69, 9.17) is 9.84 Å². The second kappa shape index (κ2) is 7.39. The van der Waals surface area contributed by atoms with Crippen LogP contribution in [-0.4, -0.2) is 30.7 Å². The molecule has 112 valence electrons. The van der Waals surface area contributed by atoms with Crippen molar-refractivity contribution in [2.75, 3.05) is 24.8 Å². The van der Waals surface area contributed by atoms with Crippen LogP contribution in [0.3, 0.4) is 0 Å². The number of hydrogen-bond acceptors (Lipinski definition) is 3. The molecule has 0 bridgehead atoms. The Morgan fingerprint density at radius 2 is 2.10 bits per heavy atom. The van der Waals surface area contributed by atoms with Gasteiger partial charge in [-0.1, -0.05) is 0 Å². The van der Waals surface area contributed by atoms with E-state index in [9.17, 15) is 18.0 Å². The normalized spacial score (nSPS) is 11.4. The molecule has 1 amide bonds. The smallest absolute Gasteiger partial charge is 0.416 e. The van der Waals surface area contributed by atoms with E-state index < -0.39 is 17.8 Å². The largest absolute Gasteiger partial charge is 0.465 e. The lowest BCUT2D eigenvalue weighted by atomic mass is 10.1. The van der Waals surface area contributed by atoms with E-state index in [-0.39, 0.29) is 5.69 Å². The first-order valence-corrected chi connectivity index (χ1v) is 6.76. The molecule has 8 heteroatoms. The molecular weight excluding hydrogens is 295 g/mol. The molecule has 2 N–H and O–H groups in total. The number of ether oxygens (including phenoxy) is 1. The van der Waals surface area contributed by atoms with Crippen LogP contribution in [-0.2, 0) is 16.7 Å². The summed E-state index contributed by atoms with van der Waals surface area (Å²) in [6.07, 6.45) is -5.91. The van der Waals surface area contributed by atoms with Crippen LogP contribution in [0.5, 0.6) is 0 Å². The fourth-order valence-electron chi connectivity index (χ4n) is 1.47. The van der Waals surface area contributed by atoms with E-state index in [1.54, 1.807) is 7.11 Å². The number of benzene rings is 1. The highest BCUT2D eigenvalue weighted by Crippen LogP contribution is 2.32. The van der Waals surface area contributed by atoms with Crippen LogP contribution < -0.4 is 5.32 Å². The van der Waals surface area contributed by atoms with E-state index in [2.05, 4.69) is 0 Å². The number of halogens is 3. The van der Waals surface area contributed by atoms with Gasteiger partial charge in [-0.2, -0.15) is 24.9 Å². The van der Waals surface area contributed by atoms with E-state index in [1.807, 2.05) is 5.32 Å². The maximum Gasteiger partial charge on any atom is 0.416 e. The summed E-state index contributed by atoms with van der Waals surface area (Å²) in [4.78, 5) is 10.5. The van der Waals surface area contributed by atoms with Gasteiger partial charge in [0.05, 0.1) is 12.2 Å². The standard InChI is InChI=1S/C12H14F3NO3S/c1-19-2-3-20-7-8-4-9(12(13,14)15)6-10(5-8)16-11(17)18/h4-6,16H,2-3,7H2,1H3,(H,17,18). The Bertz CT molecular complexity index is 466. The quantitative estimate of drug-likeness (QED) is 0.787. The van der Waals surface area contributed by atoms with Crippen molar-refractivity contribution in [3.8, 4) is 0 Å². The number of thioether (sulfide) groups is 1. The zero-order valence-corrected chi connectivity index (χ0v) is 11.5. The monoisotopic (exact) mass is 309 g/mol. The first kappa shape index (κ1) is 16.6. The van der Waals surface area contributed by atoms with Crippen molar-refractivity contribution in [3.05, 3.63) is 29.3 Å². The summed E-state index contributed by atoms with van der Waals surface area (Å²) in [5, 5.41) is 10.5. The Kier molecular flexibility index (Phi) is 6.15. The lowest BCUT2D eigenvalue weighted by Crippen LogP contribution is -2.11. The Morgan fingerprint density at radius 3 is 2.65 bits per heavy atom. The first-order chi connectivity index (χ1) is 9.32. The highest BCUT2D eigenvalue weighted by atomic mass is 32.2. The van der Waals surface area contributed by atoms with Gasteiger partial charge in [0.1, 0.15) is 0 Å². The molecule has 0 aliphatic heterocycles. The predicted octanol–water partition coefficient (Wildman–Crippen LogP) is 3.67. The number of hydrogen-bond donors (Lipinski definition) is 2. The molecule has 0 radical (unpaired) electrons. The molecule has 0 aliphatic rings. The molecule has 0 spiro atoms. The number of anilines is 1. The molecule has 0 unspecified atom stereocenters.